The van der Waals surface area contributed by atoms with Crippen LogP contribution in [0.4, 0.5) is 0 Å². The van der Waals surface area contributed by atoms with Gasteiger partial charge in [0.05, 0.1) is 6.04 Å². The van der Waals surface area contributed by atoms with E-state index in [1.807, 2.05) is 79.7 Å². The van der Waals surface area contributed by atoms with Crippen molar-refractivity contribution in [2.24, 2.45) is 0 Å². The van der Waals surface area contributed by atoms with E-state index in [2.05, 4.69) is 24.4 Å². The Morgan fingerprint density at radius 3 is 2.07 bits per heavy atom. The highest BCUT2D eigenvalue weighted by Gasteiger charge is 2.17. The van der Waals surface area contributed by atoms with Crippen LogP contribution in [-0.4, -0.2) is 11.8 Å². The summed E-state index contributed by atoms with van der Waals surface area (Å²) in [7, 11) is 0. The number of Topliss-reactive ketones (excluding diaryl/α,β-unsaturated/α-hetero) is 1. The van der Waals surface area contributed by atoms with Crippen LogP contribution in [0.2, 0.25) is 0 Å². The standard InChI is InChI=1S/C24H25NO2/c1-18(21-11-7-4-8-12-21)25-19(2)24(26)22-13-15-23(16-14-22)27-17-20-9-5-3-6-10-20/h3-16,18-19,25H,17H2,1-2H3/t18-,19+/m0/s1. The monoisotopic (exact) mass is 359 g/mol. The van der Waals surface area contributed by atoms with Gasteiger partial charge in [-0.3, -0.25) is 4.79 Å². The molecule has 0 fully saturated rings. The average Bonchev–Trinajstić information content (AvgIpc) is 2.73. The molecule has 0 saturated carbocycles. The minimum absolute atomic E-state index is 0.0763. The molecule has 1 N–H and O–H groups in total. The number of ether oxygens (including phenoxy) is 1. The summed E-state index contributed by atoms with van der Waals surface area (Å²) in [5, 5.41) is 3.37. The van der Waals surface area contributed by atoms with Crippen molar-refractivity contribution in [3.63, 3.8) is 0 Å². The summed E-state index contributed by atoms with van der Waals surface area (Å²) in [6, 6.07) is 27.4. The first-order valence-electron chi connectivity index (χ1n) is 9.25. The zero-order valence-corrected chi connectivity index (χ0v) is 15.8. The first kappa shape index (κ1) is 18.9. The van der Waals surface area contributed by atoms with Crippen LogP contribution >= 0.6 is 0 Å². The summed E-state index contributed by atoms with van der Waals surface area (Å²) in [4.78, 5) is 12.7. The summed E-state index contributed by atoms with van der Waals surface area (Å²) >= 11 is 0. The fourth-order valence-electron chi connectivity index (χ4n) is 2.99. The van der Waals surface area contributed by atoms with Gasteiger partial charge >= 0.3 is 0 Å². The minimum atomic E-state index is -0.267. The van der Waals surface area contributed by atoms with E-state index in [0.717, 1.165) is 11.3 Å². The molecule has 3 aromatic carbocycles. The summed E-state index contributed by atoms with van der Waals surface area (Å²) in [6.45, 7) is 4.49. The molecule has 0 heterocycles. The van der Waals surface area contributed by atoms with Gasteiger partial charge in [-0.2, -0.15) is 0 Å². The van der Waals surface area contributed by atoms with Gasteiger partial charge in [0, 0.05) is 11.6 Å². The van der Waals surface area contributed by atoms with Crippen molar-refractivity contribution in [1.29, 1.82) is 0 Å². The van der Waals surface area contributed by atoms with E-state index >= 15 is 0 Å². The van der Waals surface area contributed by atoms with Crippen molar-refractivity contribution in [2.75, 3.05) is 0 Å². The number of carbonyl (C=O) groups excluding carboxylic acids is 1. The Morgan fingerprint density at radius 2 is 1.44 bits per heavy atom. The molecule has 0 aliphatic heterocycles. The van der Waals surface area contributed by atoms with Crippen LogP contribution in [0.5, 0.6) is 5.75 Å². The number of hydrogen-bond acceptors (Lipinski definition) is 3. The Hall–Kier alpha value is -2.91. The molecule has 3 rings (SSSR count). The molecule has 0 amide bonds. The first-order valence-corrected chi connectivity index (χ1v) is 9.25. The van der Waals surface area contributed by atoms with Crippen molar-refractivity contribution >= 4 is 5.78 Å². The van der Waals surface area contributed by atoms with Crippen molar-refractivity contribution in [3.05, 3.63) is 102 Å². The minimum Gasteiger partial charge on any atom is -0.489 e. The van der Waals surface area contributed by atoms with E-state index in [4.69, 9.17) is 4.74 Å². The summed E-state index contributed by atoms with van der Waals surface area (Å²) < 4.78 is 5.78. The van der Waals surface area contributed by atoms with E-state index in [1.165, 1.54) is 5.56 Å². The van der Waals surface area contributed by atoms with E-state index < -0.39 is 0 Å². The highest BCUT2D eigenvalue weighted by Crippen LogP contribution is 2.17. The van der Waals surface area contributed by atoms with Gasteiger partial charge in [-0.25, -0.2) is 0 Å². The van der Waals surface area contributed by atoms with Gasteiger partial charge in [0.25, 0.3) is 0 Å². The first-order chi connectivity index (χ1) is 13.1. The lowest BCUT2D eigenvalue weighted by Crippen LogP contribution is -2.35. The van der Waals surface area contributed by atoms with Crippen molar-refractivity contribution in [1.82, 2.24) is 5.32 Å². The van der Waals surface area contributed by atoms with E-state index in [9.17, 15) is 4.79 Å². The van der Waals surface area contributed by atoms with Crippen LogP contribution in [0, 0.1) is 0 Å². The molecule has 0 saturated heterocycles. The maximum atomic E-state index is 12.7. The zero-order valence-electron chi connectivity index (χ0n) is 15.8. The average molecular weight is 359 g/mol. The van der Waals surface area contributed by atoms with E-state index in [0.29, 0.717) is 12.2 Å². The molecule has 0 aliphatic rings. The smallest absolute Gasteiger partial charge is 0.179 e. The molecule has 3 nitrogen and oxygen atoms in total. The zero-order chi connectivity index (χ0) is 19.1. The Kier molecular flexibility index (Phi) is 6.39. The molecule has 3 heteroatoms. The summed E-state index contributed by atoms with van der Waals surface area (Å²) in [5.41, 5.74) is 2.97. The SMILES string of the molecule is C[C@H](N[C@H](C)C(=O)c1ccc(OCc2ccccc2)cc1)c1ccccc1. The number of hydrogen-bond donors (Lipinski definition) is 1. The normalized spacial score (nSPS) is 13.0. The van der Waals surface area contributed by atoms with Crippen LogP contribution in [-0.2, 0) is 6.61 Å². The molecule has 3 aromatic rings. The second kappa shape index (κ2) is 9.15. The lowest BCUT2D eigenvalue weighted by molar-refractivity contribution is 0.0945. The quantitative estimate of drug-likeness (QED) is 0.563. The predicted octanol–water partition coefficient (Wildman–Crippen LogP) is 5.19. The second-order valence-electron chi connectivity index (χ2n) is 6.68. The summed E-state index contributed by atoms with van der Waals surface area (Å²) in [6.07, 6.45) is 0. The fraction of sp³-hybridized carbons (Fsp3) is 0.208. The predicted molar refractivity (Wildman–Crippen MR) is 109 cm³/mol. The molecule has 0 spiro atoms. The molecule has 0 unspecified atom stereocenters. The number of nitrogens with one attached hydrogen (secondary N) is 1. The molecule has 0 radical (unpaired) electrons. The molecular formula is C24H25NO2. The van der Waals surface area contributed by atoms with Gasteiger partial charge in [0.2, 0.25) is 0 Å². The third kappa shape index (κ3) is 5.28. The molecule has 27 heavy (non-hydrogen) atoms. The van der Waals surface area contributed by atoms with Crippen molar-refractivity contribution in [2.45, 2.75) is 32.5 Å². The molecule has 0 aromatic heterocycles. The summed E-state index contributed by atoms with van der Waals surface area (Å²) in [5.74, 6) is 0.834. The van der Waals surface area contributed by atoms with E-state index in [1.54, 1.807) is 0 Å². The van der Waals surface area contributed by atoms with Gasteiger partial charge < -0.3 is 10.1 Å². The van der Waals surface area contributed by atoms with Crippen molar-refractivity contribution in [3.8, 4) is 5.75 Å². The lowest BCUT2D eigenvalue weighted by Gasteiger charge is -2.19. The van der Waals surface area contributed by atoms with E-state index in [-0.39, 0.29) is 17.9 Å². The van der Waals surface area contributed by atoms with Crippen LogP contribution in [0.15, 0.2) is 84.9 Å². The number of carbonyl (C=O) groups is 1. The number of rotatable bonds is 8. The maximum absolute atomic E-state index is 12.7. The topological polar surface area (TPSA) is 38.3 Å². The lowest BCUT2D eigenvalue weighted by atomic mass is 10.0. The Balaban J connectivity index is 1.56. The van der Waals surface area contributed by atoms with Gasteiger partial charge in [0.1, 0.15) is 12.4 Å². The Labute approximate surface area is 161 Å². The molecular weight excluding hydrogens is 334 g/mol. The van der Waals surface area contributed by atoms with Gasteiger partial charge in [-0.1, -0.05) is 60.7 Å². The fourth-order valence-corrected chi connectivity index (χ4v) is 2.99. The molecule has 138 valence electrons. The largest absolute Gasteiger partial charge is 0.489 e. The molecule has 0 aliphatic carbocycles. The maximum Gasteiger partial charge on any atom is 0.179 e. The highest BCUT2D eigenvalue weighted by molar-refractivity contribution is 5.99. The van der Waals surface area contributed by atoms with Crippen LogP contribution in [0.3, 0.4) is 0 Å². The molecule has 2 atom stereocenters. The van der Waals surface area contributed by atoms with Crippen molar-refractivity contribution < 1.29 is 9.53 Å². The molecule has 0 bridgehead atoms. The highest BCUT2D eigenvalue weighted by atomic mass is 16.5. The Bertz CT molecular complexity index is 845. The van der Waals surface area contributed by atoms with Gasteiger partial charge in [-0.15, -0.1) is 0 Å². The second-order valence-corrected chi connectivity index (χ2v) is 6.68. The third-order valence-electron chi connectivity index (χ3n) is 4.58. The van der Waals surface area contributed by atoms with Crippen LogP contribution in [0.1, 0.15) is 41.4 Å². The van der Waals surface area contributed by atoms with Gasteiger partial charge in [0.15, 0.2) is 5.78 Å². The third-order valence-corrected chi connectivity index (χ3v) is 4.58. The number of benzene rings is 3. The van der Waals surface area contributed by atoms with Crippen LogP contribution < -0.4 is 10.1 Å². The van der Waals surface area contributed by atoms with Gasteiger partial charge in [-0.05, 0) is 49.2 Å². The Morgan fingerprint density at radius 1 is 0.852 bits per heavy atom. The number of ketones is 1. The van der Waals surface area contributed by atoms with Crippen LogP contribution in [0.25, 0.3) is 0 Å².